The number of phenols is 2. The molecule has 0 unspecified atom stereocenters. The minimum absolute atomic E-state index is 0.0648. The number of phenolic OH excluding ortho intramolecular Hbond substituents is 2. The molecule has 108 valence electrons. The highest BCUT2D eigenvalue weighted by molar-refractivity contribution is 5.76. The van der Waals surface area contributed by atoms with Crippen molar-refractivity contribution in [2.75, 3.05) is 0 Å². The summed E-state index contributed by atoms with van der Waals surface area (Å²) in [6, 6.07) is 12.1. The maximum Gasteiger partial charge on any atom is 0.123 e. The Morgan fingerprint density at radius 1 is 0.952 bits per heavy atom. The maximum absolute atomic E-state index is 10.1. The van der Waals surface area contributed by atoms with Crippen LogP contribution in [-0.2, 0) is 6.42 Å². The van der Waals surface area contributed by atoms with E-state index in [1.807, 2.05) is 18.2 Å². The average Bonchev–Trinajstić information content (AvgIpc) is 2.50. The van der Waals surface area contributed by atoms with Crippen molar-refractivity contribution in [2.24, 2.45) is 0 Å². The molecular formula is C18H19NO2. The second-order valence-corrected chi connectivity index (χ2v) is 5.15. The largest absolute Gasteiger partial charge is 0.507 e. The minimum Gasteiger partial charge on any atom is -0.507 e. The van der Waals surface area contributed by atoms with Crippen LogP contribution in [0.5, 0.6) is 11.5 Å². The van der Waals surface area contributed by atoms with E-state index in [1.54, 1.807) is 18.2 Å². The molecule has 2 rings (SSSR count). The molecule has 21 heavy (non-hydrogen) atoms. The molecule has 0 saturated heterocycles. The number of hydrogen-bond donors (Lipinski definition) is 2. The molecule has 0 aromatic heterocycles. The Balaban J connectivity index is 2.39. The van der Waals surface area contributed by atoms with Gasteiger partial charge in [-0.3, -0.25) is 0 Å². The summed E-state index contributed by atoms with van der Waals surface area (Å²) in [6.07, 6.45) is 4.38. The average molecular weight is 281 g/mol. The van der Waals surface area contributed by atoms with E-state index in [0.29, 0.717) is 16.7 Å². The summed E-state index contributed by atoms with van der Waals surface area (Å²) >= 11 is 0. The second-order valence-electron chi connectivity index (χ2n) is 5.15. The maximum atomic E-state index is 10.1. The van der Waals surface area contributed by atoms with Crippen LogP contribution in [0.15, 0.2) is 36.4 Å². The van der Waals surface area contributed by atoms with Crippen molar-refractivity contribution in [1.82, 2.24) is 0 Å². The lowest BCUT2D eigenvalue weighted by atomic mass is 9.97. The third-order valence-corrected chi connectivity index (χ3v) is 3.55. The van der Waals surface area contributed by atoms with Crippen LogP contribution < -0.4 is 0 Å². The number of benzene rings is 2. The predicted octanol–water partition coefficient (Wildman–Crippen LogP) is 4.37. The Bertz CT molecular complexity index is 671. The number of aryl methyl sites for hydroxylation is 1. The highest BCUT2D eigenvalue weighted by atomic mass is 16.3. The minimum atomic E-state index is 0.0648. The molecule has 0 saturated carbocycles. The summed E-state index contributed by atoms with van der Waals surface area (Å²) in [5.41, 5.74) is 2.64. The van der Waals surface area contributed by atoms with Gasteiger partial charge in [0.25, 0.3) is 0 Å². The van der Waals surface area contributed by atoms with Crippen molar-refractivity contribution < 1.29 is 10.2 Å². The van der Waals surface area contributed by atoms with Gasteiger partial charge in [-0.05, 0) is 48.7 Å². The van der Waals surface area contributed by atoms with Crippen LogP contribution >= 0.6 is 0 Å². The van der Waals surface area contributed by atoms with Crippen molar-refractivity contribution >= 4 is 0 Å². The smallest absolute Gasteiger partial charge is 0.123 e. The molecular weight excluding hydrogens is 262 g/mol. The first-order chi connectivity index (χ1) is 10.2. The summed E-state index contributed by atoms with van der Waals surface area (Å²) in [6.45, 7) is 2.16. The quantitative estimate of drug-likeness (QED) is 0.800. The van der Waals surface area contributed by atoms with Crippen LogP contribution in [0.1, 0.15) is 37.3 Å². The molecule has 0 radical (unpaired) electrons. The SMILES string of the molecule is CCCCCc1ccc(O)c(-c2cc(C#N)ccc2O)c1. The summed E-state index contributed by atoms with van der Waals surface area (Å²) in [4.78, 5) is 0. The highest BCUT2D eigenvalue weighted by Crippen LogP contribution is 2.36. The van der Waals surface area contributed by atoms with E-state index in [9.17, 15) is 10.2 Å². The normalized spacial score (nSPS) is 10.3. The van der Waals surface area contributed by atoms with Crippen LogP contribution in [0.3, 0.4) is 0 Å². The van der Waals surface area contributed by atoms with Gasteiger partial charge in [-0.25, -0.2) is 0 Å². The van der Waals surface area contributed by atoms with Gasteiger partial charge in [0.2, 0.25) is 0 Å². The third-order valence-electron chi connectivity index (χ3n) is 3.55. The Labute approximate surface area is 125 Å². The Kier molecular flexibility index (Phi) is 4.84. The van der Waals surface area contributed by atoms with Gasteiger partial charge in [0.05, 0.1) is 11.6 Å². The molecule has 2 aromatic carbocycles. The molecule has 0 fully saturated rings. The molecule has 0 spiro atoms. The summed E-state index contributed by atoms with van der Waals surface area (Å²) in [5.74, 6) is 0.176. The first-order valence-electron chi connectivity index (χ1n) is 7.21. The number of rotatable bonds is 5. The number of nitrogens with zero attached hydrogens (tertiary/aromatic N) is 1. The van der Waals surface area contributed by atoms with E-state index in [-0.39, 0.29) is 11.5 Å². The third kappa shape index (κ3) is 3.55. The molecule has 3 nitrogen and oxygen atoms in total. The fourth-order valence-corrected chi connectivity index (χ4v) is 2.35. The van der Waals surface area contributed by atoms with Crippen LogP contribution in [0.2, 0.25) is 0 Å². The second kappa shape index (κ2) is 6.81. The number of hydrogen-bond acceptors (Lipinski definition) is 3. The molecule has 0 aliphatic heterocycles. The first kappa shape index (κ1) is 14.9. The Morgan fingerprint density at radius 2 is 1.62 bits per heavy atom. The van der Waals surface area contributed by atoms with E-state index >= 15 is 0 Å². The van der Waals surface area contributed by atoms with Crippen LogP contribution in [0.4, 0.5) is 0 Å². The van der Waals surface area contributed by atoms with Gasteiger partial charge in [0, 0.05) is 11.1 Å². The number of nitriles is 1. The zero-order valence-electron chi connectivity index (χ0n) is 12.1. The fourth-order valence-electron chi connectivity index (χ4n) is 2.35. The van der Waals surface area contributed by atoms with Gasteiger partial charge < -0.3 is 10.2 Å². The van der Waals surface area contributed by atoms with Crippen LogP contribution in [-0.4, -0.2) is 10.2 Å². The van der Waals surface area contributed by atoms with Crippen molar-refractivity contribution in [2.45, 2.75) is 32.6 Å². The van der Waals surface area contributed by atoms with E-state index in [2.05, 4.69) is 6.92 Å². The molecule has 0 amide bonds. The first-order valence-corrected chi connectivity index (χ1v) is 7.21. The Morgan fingerprint density at radius 3 is 2.29 bits per heavy atom. The van der Waals surface area contributed by atoms with E-state index in [1.165, 1.54) is 12.5 Å². The monoisotopic (exact) mass is 281 g/mol. The van der Waals surface area contributed by atoms with Crippen molar-refractivity contribution in [3.63, 3.8) is 0 Å². The zero-order chi connectivity index (χ0) is 15.2. The zero-order valence-corrected chi connectivity index (χ0v) is 12.1. The van der Waals surface area contributed by atoms with Crippen molar-refractivity contribution in [3.8, 4) is 28.7 Å². The predicted molar refractivity (Wildman–Crippen MR) is 83.2 cm³/mol. The van der Waals surface area contributed by atoms with Crippen molar-refractivity contribution in [1.29, 1.82) is 5.26 Å². The standard InChI is InChI=1S/C18H19NO2/c1-2-3-4-5-13-6-8-17(20)15(10-13)16-11-14(12-19)7-9-18(16)21/h6-11,20-21H,2-5H2,1H3. The van der Waals surface area contributed by atoms with Gasteiger partial charge >= 0.3 is 0 Å². The molecule has 0 aliphatic rings. The van der Waals surface area contributed by atoms with Crippen molar-refractivity contribution in [3.05, 3.63) is 47.5 Å². The summed E-state index contributed by atoms with van der Waals surface area (Å²) in [7, 11) is 0. The highest BCUT2D eigenvalue weighted by Gasteiger charge is 2.11. The van der Waals surface area contributed by atoms with Gasteiger partial charge in [0.1, 0.15) is 11.5 Å². The number of aromatic hydroxyl groups is 2. The van der Waals surface area contributed by atoms with Crippen LogP contribution in [0.25, 0.3) is 11.1 Å². The van der Waals surface area contributed by atoms with E-state index in [0.717, 1.165) is 24.8 Å². The van der Waals surface area contributed by atoms with E-state index in [4.69, 9.17) is 5.26 Å². The van der Waals surface area contributed by atoms with Gasteiger partial charge in [-0.15, -0.1) is 0 Å². The lowest BCUT2D eigenvalue weighted by Gasteiger charge is -2.10. The summed E-state index contributed by atoms with van der Waals surface area (Å²) < 4.78 is 0. The molecule has 3 heteroatoms. The lowest BCUT2D eigenvalue weighted by molar-refractivity contribution is 0.469. The molecule has 2 N–H and O–H groups in total. The lowest BCUT2D eigenvalue weighted by Crippen LogP contribution is -1.89. The molecule has 0 heterocycles. The van der Waals surface area contributed by atoms with Crippen LogP contribution in [0, 0.1) is 11.3 Å². The van der Waals surface area contributed by atoms with E-state index < -0.39 is 0 Å². The summed E-state index contributed by atoms with van der Waals surface area (Å²) in [5, 5.41) is 29.0. The van der Waals surface area contributed by atoms with Gasteiger partial charge in [-0.2, -0.15) is 5.26 Å². The van der Waals surface area contributed by atoms with Gasteiger partial charge in [0.15, 0.2) is 0 Å². The topological polar surface area (TPSA) is 64.2 Å². The van der Waals surface area contributed by atoms with Gasteiger partial charge in [-0.1, -0.05) is 25.8 Å². The Hall–Kier alpha value is -2.47. The molecule has 0 atom stereocenters. The number of unbranched alkanes of at least 4 members (excludes halogenated alkanes) is 2. The molecule has 2 aromatic rings. The fraction of sp³-hybridized carbons (Fsp3) is 0.278. The molecule has 0 bridgehead atoms. The molecule has 0 aliphatic carbocycles.